The zero-order chi connectivity index (χ0) is 11.5. The molecule has 0 saturated carbocycles. The van der Waals surface area contributed by atoms with E-state index in [4.69, 9.17) is 11.5 Å². The molecule has 1 aromatic carbocycles. The van der Waals surface area contributed by atoms with Crippen LogP contribution in [0.4, 0.5) is 5.95 Å². The number of nitrogens with two attached hydrogens (primary N) is 2. The number of nitrogens with zero attached hydrogens (tertiary/aromatic N) is 3. The SMILES string of the molecule is Cn1nc(-c2ccc(CCN)cc2)nc1N. The average Bonchev–Trinajstić information content (AvgIpc) is 2.61. The summed E-state index contributed by atoms with van der Waals surface area (Å²) in [5.41, 5.74) is 13.3. The fourth-order valence-electron chi connectivity index (χ4n) is 1.51. The molecule has 1 aromatic heterocycles. The Labute approximate surface area is 94.1 Å². The van der Waals surface area contributed by atoms with Crippen LogP contribution in [0.25, 0.3) is 11.4 Å². The summed E-state index contributed by atoms with van der Waals surface area (Å²) in [4.78, 5) is 4.16. The molecule has 5 nitrogen and oxygen atoms in total. The van der Waals surface area contributed by atoms with Gasteiger partial charge in [-0.2, -0.15) is 4.98 Å². The van der Waals surface area contributed by atoms with Crippen molar-refractivity contribution < 1.29 is 0 Å². The zero-order valence-electron chi connectivity index (χ0n) is 9.22. The first-order valence-corrected chi connectivity index (χ1v) is 5.16. The smallest absolute Gasteiger partial charge is 0.218 e. The number of aromatic nitrogens is 3. The van der Waals surface area contributed by atoms with Crippen LogP contribution < -0.4 is 11.5 Å². The third-order valence-corrected chi connectivity index (χ3v) is 2.44. The van der Waals surface area contributed by atoms with Gasteiger partial charge >= 0.3 is 0 Å². The number of anilines is 1. The maximum Gasteiger partial charge on any atom is 0.218 e. The molecule has 4 N–H and O–H groups in total. The van der Waals surface area contributed by atoms with E-state index in [9.17, 15) is 0 Å². The summed E-state index contributed by atoms with van der Waals surface area (Å²) in [6.45, 7) is 0.661. The summed E-state index contributed by atoms with van der Waals surface area (Å²) >= 11 is 0. The minimum Gasteiger partial charge on any atom is -0.368 e. The predicted molar refractivity (Wildman–Crippen MR) is 63.6 cm³/mol. The monoisotopic (exact) mass is 217 g/mol. The van der Waals surface area contributed by atoms with E-state index in [0.717, 1.165) is 12.0 Å². The molecule has 0 radical (unpaired) electrons. The Balaban J connectivity index is 2.27. The summed E-state index contributed by atoms with van der Waals surface area (Å²) in [5, 5.41) is 4.21. The molecule has 0 fully saturated rings. The van der Waals surface area contributed by atoms with E-state index in [2.05, 4.69) is 10.1 Å². The van der Waals surface area contributed by atoms with Crippen LogP contribution in [0.3, 0.4) is 0 Å². The van der Waals surface area contributed by atoms with E-state index < -0.39 is 0 Å². The number of hydrogen-bond donors (Lipinski definition) is 2. The molecule has 0 saturated heterocycles. The largest absolute Gasteiger partial charge is 0.368 e. The lowest BCUT2D eigenvalue weighted by molar-refractivity contribution is 0.781. The molecule has 0 spiro atoms. The van der Waals surface area contributed by atoms with E-state index in [0.29, 0.717) is 18.3 Å². The van der Waals surface area contributed by atoms with Crippen LogP contribution in [0, 0.1) is 0 Å². The first-order chi connectivity index (χ1) is 7.70. The predicted octanol–water partition coefficient (Wildman–Crippen LogP) is 0.566. The lowest BCUT2D eigenvalue weighted by atomic mass is 10.1. The van der Waals surface area contributed by atoms with Gasteiger partial charge in [0.2, 0.25) is 5.95 Å². The lowest BCUT2D eigenvalue weighted by Crippen LogP contribution is -2.02. The van der Waals surface area contributed by atoms with Crippen LogP contribution in [0.1, 0.15) is 5.56 Å². The van der Waals surface area contributed by atoms with Crippen LogP contribution in [0.5, 0.6) is 0 Å². The van der Waals surface area contributed by atoms with Crippen molar-refractivity contribution in [1.29, 1.82) is 0 Å². The third kappa shape index (κ3) is 2.04. The van der Waals surface area contributed by atoms with Gasteiger partial charge in [0, 0.05) is 12.6 Å². The highest BCUT2D eigenvalue weighted by atomic mass is 15.4. The Morgan fingerprint density at radius 2 is 1.94 bits per heavy atom. The Morgan fingerprint density at radius 3 is 2.44 bits per heavy atom. The van der Waals surface area contributed by atoms with Crippen molar-refractivity contribution in [2.24, 2.45) is 12.8 Å². The van der Waals surface area contributed by atoms with E-state index in [1.165, 1.54) is 5.56 Å². The van der Waals surface area contributed by atoms with Crippen LogP contribution in [-0.2, 0) is 13.5 Å². The summed E-state index contributed by atoms with van der Waals surface area (Å²) < 4.78 is 1.56. The van der Waals surface area contributed by atoms with Gasteiger partial charge in [-0.25, -0.2) is 4.68 Å². The zero-order valence-corrected chi connectivity index (χ0v) is 9.22. The van der Waals surface area contributed by atoms with Gasteiger partial charge in [-0.05, 0) is 18.5 Å². The molecular weight excluding hydrogens is 202 g/mol. The second-order valence-electron chi connectivity index (χ2n) is 3.65. The molecule has 0 aliphatic carbocycles. The molecule has 0 aliphatic rings. The molecule has 2 aromatic rings. The number of rotatable bonds is 3. The molecule has 0 unspecified atom stereocenters. The van der Waals surface area contributed by atoms with E-state index >= 15 is 0 Å². The van der Waals surface area contributed by atoms with Crippen LogP contribution in [-0.4, -0.2) is 21.3 Å². The van der Waals surface area contributed by atoms with Crippen LogP contribution >= 0.6 is 0 Å². The highest BCUT2D eigenvalue weighted by Gasteiger charge is 2.05. The van der Waals surface area contributed by atoms with Crippen molar-refractivity contribution in [3.63, 3.8) is 0 Å². The van der Waals surface area contributed by atoms with Gasteiger partial charge in [0.15, 0.2) is 5.82 Å². The van der Waals surface area contributed by atoms with E-state index in [1.54, 1.807) is 11.7 Å². The highest BCUT2D eigenvalue weighted by molar-refractivity contribution is 5.56. The molecule has 5 heteroatoms. The van der Waals surface area contributed by atoms with Crippen molar-refractivity contribution in [3.05, 3.63) is 29.8 Å². The summed E-state index contributed by atoms with van der Waals surface area (Å²) in [5.74, 6) is 1.07. The molecule has 0 amide bonds. The van der Waals surface area contributed by atoms with Gasteiger partial charge < -0.3 is 11.5 Å². The van der Waals surface area contributed by atoms with Gasteiger partial charge in [0.1, 0.15) is 0 Å². The second kappa shape index (κ2) is 4.32. The standard InChI is InChI=1S/C11H15N5/c1-16-11(13)14-10(15-16)9-4-2-8(3-5-9)6-7-12/h2-5H,6-7,12H2,1H3,(H2,13,14,15). The van der Waals surface area contributed by atoms with Gasteiger partial charge in [-0.15, -0.1) is 5.10 Å². The Morgan fingerprint density at radius 1 is 1.25 bits per heavy atom. The molecular formula is C11H15N5. The molecule has 0 atom stereocenters. The van der Waals surface area contributed by atoms with E-state index in [1.807, 2.05) is 24.3 Å². The average molecular weight is 217 g/mol. The van der Waals surface area contributed by atoms with E-state index in [-0.39, 0.29) is 0 Å². The molecule has 0 aliphatic heterocycles. The molecule has 1 heterocycles. The molecule has 0 bridgehead atoms. The van der Waals surface area contributed by atoms with Gasteiger partial charge in [-0.1, -0.05) is 24.3 Å². The normalized spacial score (nSPS) is 10.6. The lowest BCUT2D eigenvalue weighted by Gasteiger charge is -1.99. The maximum absolute atomic E-state index is 5.63. The van der Waals surface area contributed by atoms with Crippen LogP contribution in [0.2, 0.25) is 0 Å². The number of nitrogen functional groups attached to an aromatic ring is 1. The van der Waals surface area contributed by atoms with Gasteiger partial charge in [-0.3, -0.25) is 0 Å². The van der Waals surface area contributed by atoms with Crippen molar-refractivity contribution >= 4 is 5.95 Å². The topological polar surface area (TPSA) is 82.8 Å². The van der Waals surface area contributed by atoms with Gasteiger partial charge in [0.05, 0.1) is 0 Å². The van der Waals surface area contributed by atoms with Crippen molar-refractivity contribution in [3.8, 4) is 11.4 Å². The van der Waals surface area contributed by atoms with Crippen molar-refractivity contribution in [2.45, 2.75) is 6.42 Å². The first-order valence-electron chi connectivity index (χ1n) is 5.16. The first kappa shape index (κ1) is 10.6. The molecule has 16 heavy (non-hydrogen) atoms. The maximum atomic E-state index is 5.63. The van der Waals surface area contributed by atoms with Crippen LogP contribution in [0.15, 0.2) is 24.3 Å². The summed E-state index contributed by atoms with van der Waals surface area (Å²) in [6.07, 6.45) is 0.887. The minimum absolute atomic E-state index is 0.418. The molecule has 84 valence electrons. The fourth-order valence-corrected chi connectivity index (χ4v) is 1.51. The second-order valence-corrected chi connectivity index (χ2v) is 3.65. The fraction of sp³-hybridized carbons (Fsp3) is 0.273. The number of aryl methyl sites for hydroxylation is 1. The third-order valence-electron chi connectivity index (χ3n) is 2.44. The Bertz CT molecular complexity index is 452. The summed E-state index contributed by atoms with van der Waals surface area (Å²) in [6, 6.07) is 8.04. The Kier molecular flexibility index (Phi) is 2.87. The number of benzene rings is 1. The van der Waals surface area contributed by atoms with Crippen molar-refractivity contribution in [2.75, 3.05) is 12.3 Å². The molecule has 2 rings (SSSR count). The highest BCUT2D eigenvalue weighted by Crippen LogP contribution is 2.16. The van der Waals surface area contributed by atoms with Crippen molar-refractivity contribution in [1.82, 2.24) is 14.8 Å². The number of hydrogen-bond acceptors (Lipinski definition) is 4. The quantitative estimate of drug-likeness (QED) is 0.787. The Hall–Kier alpha value is -1.88. The van der Waals surface area contributed by atoms with Gasteiger partial charge in [0.25, 0.3) is 0 Å². The summed E-state index contributed by atoms with van der Waals surface area (Å²) in [7, 11) is 1.77. The minimum atomic E-state index is 0.418.